The number of aryl methyl sites for hydroxylation is 1. The minimum atomic E-state index is -0.142. The standard InChI is InChI=1S/C23H23N5O2/c1-27(14-8-13-20-15-21(25-30-20)19-11-6-3-7-12-19)23(29)22-17-28(26-24-22)16-18-9-4-2-5-10-18/h2-7,9-12,15,17H,8,13-14,16H2,1H3. The van der Waals surface area contributed by atoms with Gasteiger partial charge in [0.25, 0.3) is 5.91 Å². The van der Waals surface area contributed by atoms with Crippen molar-refractivity contribution in [2.45, 2.75) is 19.4 Å². The van der Waals surface area contributed by atoms with Gasteiger partial charge in [-0.1, -0.05) is 71.0 Å². The van der Waals surface area contributed by atoms with E-state index in [4.69, 9.17) is 4.52 Å². The second kappa shape index (κ2) is 9.17. The van der Waals surface area contributed by atoms with E-state index in [2.05, 4.69) is 15.5 Å². The summed E-state index contributed by atoms with van der Waals surface area (Å²) in [6, 6.07) is 21.8. The zero-order chi connectivity index (χ0) is 20.8. The first-order valence-corrected chi connectivity index (χ1v) is 9.89. The molecule has 0 bridgehead atoms. The van der Waals surface area contributed by atoms with Gasteiger partial charge in [-0.25, -0.2) is 4.68 Å². The monoisotopic (exact) mass is 401 g/mol. The number of amides is 1. The van der Waals surface area contributed by atoms with Crippen LogP contribution in [0.4, 0.5) is 0 Å². The Morgan fingerprint density at radius 2 is 1.80 bits per heavy atom. The zero-order valence-electron chi connectivity index (χ0n) is 16.8. The SMILES string of the molecule is CN(CCCc1cc(-c2ccccc2)no1)C(=O)c1cn(Cc2ccccc2)nn1. The molecular formula is C23H23N5O2. The minimum absolute atomic E-state index is 0.142. The fourth-order valence-electron chi connectivity index (χ4n) is 3.21. The normalized spacial score (nSPS) is 10.8. The summed E-state index contributed by atoms with van der Waals surface area (Å²) >= 11 is 0. The van der Waals surface area contributed by atoms with Gasteiger partial charge in [-0.15, -0.1) is 5.10 Å². The number of nitrogens with zero attached hydrogens (tertiary/aromatic N) is 5. The van der Waals surface area contributed by atoms with E-state index in [1.165, 1.54) is 0 Å². The van der Waals surface area contributed by atoms with E-state index in [9.17, 15) is 4.79 Å². The van der Waals surface area contributed by atoms with Crippen molar-refractivity contribution >= 4 is 5.91 Å². The number of carbonyl (C=O) groups is 1. The molecular weight excluding hydrogens is 378 g/mol. The van der Waals surface area contributed by atoms with Gasteiger partial charge in [-0.2, -0.15) is 0 Å². The smallest absolute Gasteiger partial charge is 0.275 e. The number of aromatic nitrogens is 4. The second-order valence-electron chi connectivity index (χ2n) is 7.16. The third-order valence-electron chi connectivity index (χ3n) is 4.84. The van der Waals surface area contributed by atoms with Gasteiger partial charge in [-0.3, -0.25) is 4.79 Å². The third kappa shape index (κ3) is 4.81. The first kappa shape index (κ1) is 19.6. The van der Waals surface area contributed by atoms with Crippen LogP contribution in [0.3, 0.4) is 0 Å². The molecule has 0 aliphatic carbocycles. The zero-order valence-corrected chi connectivity index (χ0v) is 16.8. The molecule has 0 saturated heterocycles. The highest BCUT2D eigenvalue weighted by Gasteiger charge is 2.16. The largest absolute Gasteiger partial charge is 0.361 e. The molecule has 2 aromatic carbocycles. The first-order valence-electron chi connectivity index (χ1n) is 9.89. The Hall–Kier alpha value is -3.74. The Balaban J connectivity index is 1.28. The lowest BCUT2D eigenvalue weighted by molar-refractivity contribution is 0.0787. The number of hydrogen-bond acceptors (Lipinski definition) is 5. The maximum absolute atomic E-state index is 12.6. The van der Waals surface area contributed by atoms with Crippen LogP contribution in [0, 0.1) is 0 Å². The highest BCUT2D eigenvalue weighted by atomic mass is 16.5. The van der Waals surface area contributed by atoms with Crippen LogP contribution in [0.25, 0.3) is 11.3 Å². The molecule has 4 aromatic rings. The second-order valence-corrected chi connectivity index (χ2v) is 7.16. The molecule has 1 amide bonds. The maximum Gasteiger partial charge on any atom is 0.275 e. The quantitative estimate of drug-likeness (QED) is 0.450. The van der Waals surface area contributed by atoms with E-state index >= 15 is 0 Å². The van der Waals surface area contributed by atoms with Gasteiger partial charge in [0.1, 0.15) is 11.5 Å². The van der Waals surface area contributed by atoms with E-state index < -0.39 is 0 Å². The van der Waals surface area contributed by atoms with Gasteiger partial charge in [0.2, 0.25) is 0 Å². The van der Waals surface area contributed by atoms with Crippen molar-refractivity contribution in [3.05, 3.63) is 89.9 Å². The molecule has 2 aromatic heterocycles. The van der Waals surface area contributed by atoms with Crippen molar-refractivity contribution < 1.29 is 9.32 Å². The molecule has 0 aliphatic heterocycles. The Labute approximate surface area is 174 Å². The predicted octanol–water partition coefficient (Wildman–Crippen LogP) is 3.69. The van der Waals surface area contributed by atoms with Crippen LogP contribution in [0.5, 0.6) is 0 Å². The topological polar surface area (TPSA) is 77.0 Å². The van der Waals surface area contributed by atoms with Crippen LogP contribution in [-0.2, 0) is 13.0 Å². The highest BCUT2D eigenvalue weighted by molar-refractivity contribution is 5.91. The molecule has 0 fully saturated rings. The van der Waals surface area contributed by atoms with Gasteiger partial charge in [0.15, 0.2) is 5.69 Å². The average molecular weight is 401 g/mol. The Morgan fingerprint density at radius 1 is 1.07 bits per heavy atom. The van der Waals surface area contributed by atoms with Crippen LogP contribution >= 0.6 is 0 Å². The molecule has 7 nitrogen and oxygen atoms in total. The molecule has 4 rings (SSSR count). The van der Waals surface area contributed by atoms with E-state index in [0.29, 0.717) is 25.2 Å². The summed E-state index contributed by atoms with van der Waals surface area (Å²) in [6.07, 6.45) is 3.16. The number of rotatable bonds is 8. The van der Waals surface area contributed by atoms with Crippen molar-refractivity contribution in [1.29, 1.82) is 0 Å². The van der Waals surface area contributed by atoms with Gasteiger partial charge < -0.3 is 9.42 Å². The van der Waals surface area contributed by atoms with Crippen molar-refractivity contribution in [3.63, 3.8) is 0 Å². The van der Waals surface area contributed by atoms with Crippen LogP contribution in [0.2, 0.25) is 0 Å². The lowest BCUT2D eigenvalue weighted by Gasteiger charge is -2.14. The van der Waals surface area contributed by atoms with Crippen molar-refractivity contribution in [2.75, 3.05) is 13.6 Å². The average Bonchev–Trinajstić information content (AvgIpc) is 3.44. The number of benzene rings is 2. The van der Waals surface area contributed by atoms with Gasteiger partial charge in [-0.05, 0) is 12.0 Å². The summed E-state index contributed by atoms with van der Waals surface area (Å²) in [7, 11) is 1.77. The lowest BCUT2D eigenvalue weighted by Crippen LogP contribution is -2.28. The fourth-order valence-corrected chi connectivity index (χ4v) is 3.21. The molecule has 152 valence electrons. The van der Waals surface area contributed by atoms with E-state index in [-0.39, 0.29) is 5.91 Å². The third-order valence-corrected chi connectivity index (χ3v) is 4.84. The van der Waals surface area contributed by atoms with Crippen molar-refractivity contribution in [3.8, 4) is 11.3 Å². The lowest BCUT2D eigenvalue weighted by atomic mass is 10.1. The molecule has 0 aliphatic rings. The maximum atomic E-state index is 12.6. The predicted molar refractivity (Wildman–Crippen MR) is 113 cm³/mol. The summed E-state index contributed by atoms with van der Waals surface area (Å²) in [5, 5.41) is 12.2. The Bertz CT molecular complexity index is 1090. The van der Waals surface area contributed by atoms with E-state index in [1.54, 1.807) is 22.8 Å². The van der Waals surface area contributed by atoms with Crippen molar-refractivity contribution in [1.82, 2.24) is 25.1 Å². The summed E-state index contributed by atoms with van der Waals surface area (Å²) in [4.78, 5) is 14.3. The fraction of sp³-hybridized carbons (Fsp3) is 0.217. The van der Waals surface area contributed by atoms with E-state index in [1.807, 2.05) is 66.7 Å². The van der Waals surface area contributed by atoms with E-state index in [0.717, 1.165) is 29.0 Å². The van der Waals surface area contributed by atoms with Crippen LogP contribution < -0.4 is 0 Å². The molecule has 0 radical (unpaired) electrons. The van der Waals surface area contributed by atoms with Gasteiger partial charge >= 0.3 is 0 Å². The summed E-state index contributed by atoms with van der Waals surface area (Å²) < 4.78 is 7.10. The summed E-state index contributed by atoms with van der Waals surface area (Å²) in [5.41, 5.74) is 3.31. The minimum Gasteiger partial charge on any atom is -0.361 e. The van der Waals surface area contributed by atoms with Crippen LogP contribution in [0.1, 0.15) is 28.2 Å². The molecule has 7 heteroatoms. The molecule has 0 saturated carbocycles. The molecule has 0 N–H and O–H groups in total. The van der Waals surface area contributed by atoms with Crippen molar-refractivity contribution in [2.24, 2.45) is 0 Å². The first-order chi connectivity index (χ1) is 14.7. The summed E-state index contributed by atoms with van der Waals surface area (Å²) in [6.45, 7) is 1.17. The summed E-state index contributed by atoms with van der Waals surface area (Å²) in [5.74, 6) is 0.667. The molecule has 0 spiro atoms. The molecule has 0 unspecified atom stereocenters. The Kier molecular flexibility index (Phi) is 5.98. The molecule has 2 heterocycles. The molecule has 0 atom stereocenters. The molecule has 30 heavy (non-hydrogen) atoms. The van der Waals surface area contributed by atoms with Gasteiger partial charge in [0, 0.05) is 31.6 Å². The highest BCUT2D eigenvalue weighted by Crippen LogP contribution is 2.19. The number of carbonyl (C=O) groups excluding carboxylic acids is 1. The van der Waals surface area contributed by atoms with Gasteiger partial charge in [0.05, 0.1) is 12.7 Å². The van der Waals surface area contributed by atoms with Crippen LogP contribution in [0.15, 0.2) is 77.4 Å². The van der Waals surface area contributed by atoms with Crippen LogP contribution in [-0.4, -0.2) is 44.6 Å². The number of hydrogen-bond donors (Lipinski definition) is 0. The Morgan fingerprint density at radius 3 is 2.57 bits per heavy atom.